The van der Waals surface area contributed by atoms with E-state index in [1.165, 1.54) is 17.5 Å². The van der Waals surface area contributed by atoms with Crippen molar-refractivity contribution in [2.75, 3.05) is 46.0 Å². The normalized spacial score (nSPS) is 15.4. The summed E-state index contributed by atoms with van der Waals surface area (Å²) in [6, 6.07) is 14.6. The number of amides is 1. The zero-order chi connectivity index (χ0) is 23.6. The van der Waals surface area contributed by atoms with E-state index in [9.17, 15) is 4.79 Å². The Morgan fingerprint density at radius 3 is 2.58 bits per heavy atom. The molecule has 33 heavy (non-hydrogen) atoms. The van der Waals surface area contributed by atoms with E-state index in [1.54, 1.807) is 0 Å². The van der Waals surface area contributed by atoms with Crippen LogP contribution in [0, 0.1) is 5.92 Å². The average molecular weight is 453 g/mol. The minimum absolute atomic E-state index is 0.0695. The number of carbonyl (C=O) groups excluding carboxylic acids is 1. The van der Waals surface area contributed by atoms with Gasteiger partial charge in [0.15, 0.2) is 0 Å². The Labute approximate surface area is 199 Å². The lowest BCUT2D eigenvalue weighted by atomic mass is 9.99. The minimum Gasteiger partial charge on any atom is -0.491 e. The van der Waals surface area contributed by atoms with Crippen molar-refractivity contribution in [1.29, 1.82) is 0 Å². The molecule has 1 aliphatic rings. The SMILES string of the molecule is CCN(CC)C(=O)c1ccc2c(c1)Cc1cccc(c1)CN(CCC(C)C)CCOCCO2. The third kappa shape index (κ3) is 7.58. The second kappa shape index (κ2) is 12.8. The second-order valence-corrected chi connectivity index (χ2v) is 9.22. The first kappa shape index (κ1) is 25.3. The Morgan fingerprint density at radius 1 is 1.03 bits per heavy atom. The topological polar surface area (TPSA) is 42.0 Å². The fourth-order valence-electron chi connectivity index (χ4n) is 4.22. The van der Waals surface area contributed by atoms with Gasteiger partial charge in [-0.15, -0.1) is 0 Å². The molecule has 180 valence electrons. The number of nitrogens with zero attached hydrogens (tertiary/aromatic N) is 2. The van der Waals surface area contributed by atoms with Crippen LogP contribution in [0.4, 0.5) is 0 Å². The summed E-state index contributed by atoms with van der Waals surface area (Å²) in [5, 5.41) is 0. The molecule has 3 rings (SSSR count). The van der Waals surface area contributed by atoms with Crippen LogP contribution in [0.15, 0.2) is 42.5 Å². The molecule has 0 fully saturated rings. The first-order valence-electron chi connectivity index (χ1n) is 12.4. The van der Waals surface area contributed by atoms with Gasteiger partial charge < -0.3 is 14.4 Å². The van der Waals surface area contributed by atoms with Gasteiger partial charge in [0.25, 0.3) is 5.91 Å². The highest BCUT2D eigenvalue weighted by molar-refractivity contribution is 5.94. The molecule has 0 aliphatic carbocycles. The Hall–Kier alpha value is -2.37. The van der Waals surface area contributed by atoms with Gasteiger partial charge in [-0.2, -0.15) is 0 Å². The van der Waals surface area contributed by atoms with E-state index >= 15 is 0 Å². The Bertz CT molecular complexity index is 892. The van der Waals surface area contributed by atoms with Gasteiger partial charge >= 0.3 is 0 Å². The van der Waals surface area contributed by atoms with Gasteiger partial charge in [-0.05, 0) is 67.6 Å². The van der Waals surface area contributed by atoms with E-state index < -0.39 is 0 Å². The van der Waals surface area contributed by atoms with Crippen LogP contribution in [0.3, 0.4) is 0 Å². The summed E-state index contributed by atoms with van der Waals surface area (Å²) in [4.78, 5) is 17.3. The van der Waals surface area contributed by atoms with Crippen molar-refractivity contribution in [2.45, 2.75) is 47.1 Å². The molecule has 0 saturated carbocycles. The van der Waals surface area contributed by atoms with Gasteiger partial charge in [0.05, 0.1) is 13.2 Å². The molecule has 5 heteroatoms. The van der Waals surface area contributed by atoms with Crippen LogP contribution in [0.5, 0.6) is 5.75 Å². The summed E-state index contributed by atoms with van der Waals surface area (Å²) in [5.41, 5.74) is 4.31. The molecule has 5 nitrogen and oxygen atoms in total. The van der Waals surface area contributed by atoms with E-state index in [4.69, 9.17) is 9.47 Å². The lowest BCUT2D eigenvalue weighted by molar-refractivity contribution is 0.0760. The number of fused-ring (bicyclic) bond motifs is 3. The molecule has 0 atom stereocenters. The lowest BCUT2D eigenvalue weighted by Crippen LogP contribution is -2.30. The predicted octanol–water partition coefficient (Wildman–Crippen LogP) is 5.02. The molecule has 1 aliphatic heterocycles. The Morgan fingerprint density at radius 2 is 1.82 bits per heavy atom. The highest BCUT2D eigenvalue weighted by Crippen LogP contribution is 2.25. The van der Waals surface area contributed by atoms with Gasteiger partial charge in [0.2, 0.25) is 0 Å². The zero-order valence-corrected chi connectivity index (χ0v) is 20.8. The summed E-state index contributed by atoms with van der Waals surface area (Å²) >= 11 is 0. The number of rotatable bonds is 6. The molecule has 0 aromatic heterocycles. The van der Waals surface area contributed by atoms with Crippen LogP contribution in [-0.2, 0) is 17.7 Å². The Balaban J connectivity index is 1.87. The standard InChI is InChI=1S/C28H40N2O3/c1-5-30(6-2)28(31)25-10-11-27-26(20-25)19-23-8-7-9-24(18-23)21-29(13-12-22(3)4)14-15-32-16-17-33-27/h7-11,18,20,22H,5-6,12-17,19,21H2,1-4H3. The van der Waals surface area contributed by atoms with Gasteiger partial charge in [0, 0.05) is 38.2 Å². The second-order valence-electron chi connectivity index (χ2n) is 9.22. The molecule has 2 aromatic rings. The number of benzene rings is 2. The highest BCUT2D eigenvalue weighted by Gasteiger charge is 2.16. The first-order valence-corrected chi connectivity index (χ1v) is 12.4. The van der Waals surface area contributed by atoms with Crippen molar-refractivity contribution in [3.05, 3.63) is 64.7 Å². The van der Waals surface area contributed by atoms with Crippen molar-refractivity contribution in [2.24, 2.45) is 5.92 Å². The lowest BCUT2D eigenvalue weighted by Gasteiger charge is -2.24. The van der Waals surface area contributed by atoms with Crippen LogP contribution in [-0.4, -0.2) is 61.7 Å². The quantitative estimate of drug-likeness (QED) is 0.617. The maximum absolute atomic E-state index is 12.9. The average Bonchev–Trinajstić information content (AvgIpc) is 2.80. The molecule has 0 radical (unpaired) electrons. The van der Waals surface area contributed by atoms with Crippen molar-refractivity contribution in [3.63, 3.8) is 0 Å². The number of hydrogen-bond donors (Lipinski definition) is 0. The summed E-state index contributed by atoms with van der Waals surface area (Å²) in [7, 11) is 0. The molecule has 1 amide bonds. The van der Waals surface area contributed by atoms with Crippen molar-refractivity contribution < 1.29 is 14.3 Å². The Kier molecular flexibility index (Phi) is 9.76. The van der Waals surface area contributed by atoms with Gasteiger partial charge in [-0.3, -0.25) is 9.69 Å². The van der Waals surface area contributed by atoms with Crippen molar-refractivity contribution >= 4 is 5.91 Å². The molecule has 1 heterocycles. The predicted molar refractivity (Wildman–Crippen MR) is 134 cm³/mol. The molecular weight excluding hydrogens is 412 g/mol. The summed E-state index contributed by atoms with van der Waals surface area (Å²) in [6.45, 7) is 14.7. The summed E-state index contributed by atoms with van der Waals surface area (Å²) in [6.07, 6.45) is 1.91. The zero-order valence-electron chi connectivity index (χ0n) is 20.8. The van der Waals surface area contributed by atoms with Crippen LogP contribution in [0.25, 0.3) is 0 Å². The van der Waals surface area contributed by atoms with E-state index in [0.29, 0.717) is 38.8 Å². The third-order valence-corrected chi connectivity index (χ3v) is 6.21. The molecule has 2 aromatic carbocycles. The summed E-state index contributed by atoms with van der Waals surface area (Å²) < 4.78 is 12.0. The highest BCUT2D eigenvalue weighted by atomic mass is 16.5. The van der Waals surface area contributed by atoms with Crippen molar-refractivity contribution in [1.82, 2.24) is 9.80 Å². The summed E-state index contributed by atoms with van der Waals surface area (Å²) in [5.74, 6) is 1.58. The molecule has 0 N–H and O–H groups in total. The molecule has 0 spiro atoms. The van der Waals surface area contributed by atoms with Crippen LogP contribution < -0.4 is 4.74 Å². The number of carbonyl (C=O) groups is 1. The van der Waals surface area contributed by atoms with E-state index in [1.807, 2.05) is 36.9 Å². The largest absolute Gasteiger partial charge is 0.491 e. The van der Waals surface area contributed by atoms with Crippen LogP contribution >= 0.6 is 0 Å². The molecular formula is C28H40N2O3. The smallest absolute Gasteiger partial charge is 0.253 e. The van der Waals surface area contributed by atoms with E-state index in [-0.39, 0.29) is 5.91 Å². The van der Waals surface area contributed by atoms with Gasteiger partial charge in [-0.25, -0.2) is 0 Å². The van der Waals surface area contributed by atoms with Crippen molar-refractivity contribution in [3.8, 4) is 5.75 Å². The minimum atomic E-state index is 0.0695. The van der Waals surface area contributed by atoms with Crippen LogP contribution in [0.2, 0.25) is 0 Å². The fourth-order valence-corrected chi connectivity index (χ4v) is 4.22. The first-order chi connectivity index (χ1) is 16.0. The molecule has 2 bridgehead atoms. The fraction of sp³-hybridized carbons (Fsp3) is 0.536. The third-order valence-electron chi connectivity index (χ3n) is 6.21. The van der Waals surface area contributed by atoms with Gasteiger partial charge in [-0.1, -0.05) is 38.1 Å². The number of hydrogen-bond acceptors (Lipinski definition) is 4. The maximum atomic E-state index is 12.9. The number of ether oxygens (including phenoxy) is 2. The molecule has 0 saturated heterocycles. The van der Waals surface area contributed by atoms with Crippen LogP contribution in [0.1, 0.15) is 61.2 Å². The maximum Gasteiger partial charge on any atom is 0.253 e. The molecule has 0 unspecified atom stereocenters. The van der Waals surface area contributed by atoms with E-state index in [2.05, 4.69) is 43.0 Å². The van der Waals surface area contributed by atoms with Gasteiger partial charge in [0.1, 0.15) is 12.4 Å². The monoisotopic (exact) mass is 452 g/mol. The van der Waals surface area contributed by atoms with E-state index in [0.717, 1.165) is 42.9 Å².